The van der Waals surface area contributed by atoms with Gasteiger partial charge in [0.25, 0.3) is 5.91 Å². The average Bonchev–Trinajstić information content (AvgIpc) is 3.34. The molecular formula is C31H27N3O3. The van der Waals surface area contributed by atoms with Gasteiger partial charge in [0, 0.05) is 29.3 Å². The molecule has 0 fully saturated rings. The second kappa shape index (κ2) is 9.82. The number of ether oxygens (including phenoxy) is 2. The summed E-state index contributed by atoms with van der Waals surface area (Å²) in [6, 6.07) is 29.4. The van der Waals surface area contributed by atoms with Gasteiger partial charge in [-0.15, -0.1) is 0 Å². The highest BCUT2D eigenvalue weighted by Gasteiger charge is 2.35. The normalized spacial score (nSPS) is 14.8. The first-order chi connectivity index (χ1) is 18.2. The number of benzene rings is 3. The number of aromatic nitrogens is 2. The van der Waals surface area contributed by atoms with Gasteiger partial charge in [0.15, 0.2) is 0 Å². The van der Waals surface area contributed by atoms with Crippen LogP contribution in [-0.4, -0.2) is 34.4 Å². The minimum Gasteiger partial charge on any atom is -0.497 e. The van der Waals surface area contributed by atoms with Crippen molar-refractivity contribution in [3.63, 3.8) is 0 Å². The monoisotopic (exact) mass is 489 g/mol. The third-order valence-corrected chi connectivity index (χ3v) is 6.92. The van der Waals surface area contributed by atoms with E-state index in [0.29, 0.717) is 18.8 Å². The third-order valence-electron chi connectivity index (χ3n) is 6.92. The Morgan fingerprint density at radius 3 is 2.51 bits per heavy atom. The number of carbonyl (C=O) groups excluding carboxylic acids is 1. The fraction of sp³-hybridized carbons (Fsp3) is 0.161. The second-order valence-electron chi connectivity index (χ2n) is 9.14. The van der Waals surface area contributed by atoms with E-state index in [4.69, 9.17) is 9.47 Å². The van der Waals surface area contributed by atoms with Crippen molar-refractivity contribution >= 4 is 16.8 Å². The summed E-state index contributed by atoms with van der Waals surface area (Å²) in [5.41, 5.74) is 5.84. The Bertz CT molecular complexity index is 1530. The highest BCUT2D eigenvalue weighted by atomic mass is 16.5. The van der Waals surface area contributed by atoms with E-state index in [1.165, 1.54) is 5.56 Å². The minimum absolute atomic E-state index is 0.0862. The van der Waals surface area contributed by atoms with Crippen molar-refractivity contribution in [3.8, 4) is 11.5 Å². The summed E-state index contributed by atoms with van der Waals surface area (Å²) in [6.45, 7) is 1.09. The van der Waals surface area contributed by atoms with Crippen LogP contribution in [0.5, 0.6) is 11.5 Å². The molecule has 37 heavy (non-hydrogen) atoms. The van der Waals surface area contributed by atoms with Gasteiger partial charge < -0.3 is 19.4 Å². The molecule has 0 aliphatic carbocycles. The molecule has 6 nitrogen and oxygen atoms in total. The van der Waals surface area contributed by atoms with Crippen LogP contribution in [0.15, 0.2) is 97.2 Å². The molecule has 1 aliphatic rings. The van der Waals surface area contributed by atoms with Crippen molar-refractivity contribution in [1.82, 2.24) is 14.9 Å². The van der Waals surface area contributed by atoms with Gasteiger partial charge in [-0.1, -0.05) is 48.5 Å². The van der Waals surface area contributed by atoms with Crippen molar-refractivity contribution in [1.29, 1.82) is 0 Å². The minimum atomic E-state index is -0.278. The molecule has 0 bridgehead atoms. The third kappa shape index (κ3) is 4.42. The molecule has 1 unspecified atom stereocenters. The number of hydrogen-bond donors (Lipinski definition) is 1. The number of carbonyl (C=O) groups is 1. The van der Waals surface area contributed by atoms with Crippen molar-refractivity contribution in [2.75, 3.05) is 13.7 Å². The van der Waals surface area contributed by atoms with Crippen LogP contribution < -0.4 is 9.47 Å². The standard InChI is InChI=1S/C31H27N3O3/c1-36-24-14-15-27-26(19-24)25-16-18-34(31(35)28-9-5-6-17-32-28)30(29(25)33-27)22-10-12-23(13-11-22)37-20-21-7-3-2-4-8-21/h2-15,17,19,30,33H,16,18,20H2,1H3. The van der Waals surface area contributed by atoms with Crippen molar-refractivity contribution < 1.29 is 14.3 Å². The molecule has 1 amide bonds. The lowest BCUT2D eigenvalue weighted by molar-refractivity contribution is 0.0686. The Kier molecular flexibility index (Phi) is 6.06. The van der Waals surface area contributed by atoms with E-state index in [9.17, 15) is 4.79 Å². The molecule has 1 N–H and O–H groups in total. The average molecular weight is 490 g/mol. The van der Waals surface area contributed by atoms with Crippen molar-refractivity contribution in [2.24, 2.45) is 0 Å². The lowest BCUT2D eigenvalue weighted by atomic mass is 9.92. The number of nitrogens with zero attached hydrogens (tertiary/aromatic N) is 2. The summed E-state index contributed by atoms with van der Waals surface area (Å²) in [4.78, 5) is 23.5. The highest BCUT2D eigenvalue weighted by Crippen LogP contribution is 2.40. The zero-order valence-corrected chi connectivity index (χ0v) is 20.6. The quantitative estimate of drug-likeness (QED) is 0.321. The second-order valence-corrected chi connectivity index (χ2v) is 9.14. The molecule has 2 aromatic heterocycles. The Morgan fingerprint density at radius 1 is 0.973 bits per heavy atom. The molecule has 5 aromatic rings. The molecule has 6 rings (SSSR count). The van der Waals surface area contributed by atoms with Crippen molar-refractivity contribution in [3.05, 3.63) is 125 Å². The summed E-state index contributed by atoms with van der Waals surface area (Å²) in [7, 11) is 1.68. The van der Waals surface area contributed by atoms with E-state index in [1.54, 1.807) is 19.4 Å². The first-order valence-corrected chi connectivity index (χ1v) is 12.4. The zero-order valence-electron chi connectivity index (χ0n) is 20.6. The first-order valence-electron chi connectivity index (χ1n) is 12.4. The van der Waals surface area contributed by atoms with Crippen LogP contribution in [0.25, 0.3) is 10.9 Å². The Labute approximate surface area is 215 Å². The van der Waals surface area contributed by atoms with Gasteiger partial charge in [-0.05, 0) is 65.6 Å². The van der Waals surface area contributed by atoms with Gasteiger partial charge in [0.05, 0.1) is 13.2 Å². The molecule has 184 valence electrons. The van der Waals surface area contributed by atoms with Crippen LogP contribution in [0.4, 0.5) is 0 Å². The Balaban J connectivity index is 1.37. The van der Waals surface area contributed by atoms with Gasteiger partial charge in [0.2, 0.25) is 0 Å². The Morgan fingerprint density at radius 2 is 1.76 bits per heavy atom. The lowest BCUT2D eigenvalue weighted by Gasteiger charge is -2.36. The number of rotatable bonds is 6. The lowest BCUT2D eigenvalue weighted by Crippen LogP contribution is -2.41. The van der Waals surface area contributed by atoms with Crippen LogP contribution in [-0.2, 0) is 13.0 Å². The van der Waals surface area contributed by atoms with E-state index in [1.807, 2.05) is 83.8 Å². The molecular weight excluding hydrogens is 462 g/mol. The van der Waals surface area contributed by atoms with Gasteiger partial charge in [-0.25, -0.2) is 0 Å². The van der Waals surface area contributed by atoms with E-state index < -0.39 is 0 Å². The predicted molar refractivity (Wildman–Crippen MR) is 143 cm³/mol. The van der Waals surface area contributed by atoms with Gasteiger partial charge >= 0.3 is 0 Å². The number of aromatic amines is 1. The van der Waals surface area contributed by atoms with E-state index in [-0.39, 0.29) is 11.9 Å². The summed E-state index contributed by atoms with van der Waals surface area (Å²) >= 11 is 0. The summed E-state index contributed by atoms with van der Waals surface area (Å²) < 4.78 is 11.5. The van der Waals surface area contributed by atoms with Crippen LogP contribution >= 0.6 is 0 Å². The summed E-state index contributed by atoms with van der Waals surface area (Å²) in [6.07, 6.45) is 2.40. The number of amides is 1. The fourth-order valence-electron chi connectivity index (χ4n) is 5.08. The largest absolute Gasteiger partial charge is 0.497 e. The molecule has 3 aromatic carbocycles. The fourth-order valence-corrected chi connectivity index (χ4v) is 5.08. The number of fused-ring (bicyclic) bond motifs is 3. The highest BCUT2D eigenvalue weighted by molar-refractivity contribution is 5.94. The molecule has 0 radical (unpaired) electrons. The molecule has 0 saturated carbocycles. The maximum atomic E-state index is 13.6. The number of nitrogens with one attached hydrogen (secondary N) is 1. The summed E-state index contributed by atoms with van der Waals surface area (Å²) in [5.74, 6) is 1.52. The predicted octanol–water partition coefficient (Wildman–Crippen LogP) is 5.94. The number of hydrogen-bond acceptors (Lipinski definition) is 4. The van der Waals surface area contributed by atoms with Gasteiger partial charge in [-0.3, -0.25) is 9.78 Å². The van der Waals surface area contributed by atoms with Crippen LogP contribution in [0.2, 0.25) is 0 Å². The SMILES string of the molecule is COc1ccc2[nH]c3c(c2c1)CCN(C(=O)c1ccccn1)C3c1ccc(OCc2ccccc2)cc1. The van der Waals surface area contributed by atoms with E-state index in [0.717, 1.165) is 45.6 Å². The smallest absolute Gasteiger partial charge is 0.273 e. The van der Waals surface area contributed by atoms with E-state index in [2.05, 4.69) is 16.0 Å². The van der Waals surface area contributed by atoms with Gasteiger partial charge in [-0.2, -0.15) is 0 Å². The van der Waals surface area contributed by atoms with Crippen LogP contribution in [0.1, 0.15) is 38.9 Å². The molecule has 0 saturated heterocycles. The summed E-state index contributed by atoms with van der Waals surface area (Å²) in [5, 5.41) is 1.13. The maximum absolute atomic E-state index is 13.6. The number of methoxy groups -OCH3 is 1. The first kappa shape index (κ1) is 22.9. The van der Waals surface area contributed by atoms with Crippen LogP contribution in [0.3, 0.4) is 0 Å². The van der Waals surface area contributed by atoms with Gasteiger partial charge in [0.1, 0.15) is 23.8 Å². The van der Waals surface area contributed by atoms with Crippen LogP contribution in [0, 0.1) is 0 Å². The molecule has 1 atom stereocenters. The number of H-pyrrole nitrogens is 1. The zero-order chi connectivity index (χ0) is 25.2. The molecule has 1 aliphatic heterocycles. The molecule has 0 spiro atoms. The van der Waals surface area contributed by atoms with Crippen molar-refractivity contribution in [2.45, 2.75) is 19.1 Å². The topological polar surface area (TPSA) is 67.5 Å². The maximum Gasteiger partial charge on any atom is 0.273 e. The molecule has 6 heteroatoms. The number of pyridine rings is 1. The Hall–Kier alpha value is -4.58. The van der Waals surface area contributed by atoms with E-state index >= 15 is 0 Å². The molecule has 3 heterocycles.